The van der Waals surface area contributed by atoms with Crippen LogP contribution in [0.2, 0.25) is 0 Å². The molecule has 0 saturated carbocycles. The van der Waals surface area contributed by atoms with Gasteiger partial charge in [0.2, 0.25) is 0 Å². The number of likely N-dealkylation sites (tertiary alicyclic amines) is 1. The number of carbonyl (C=O) groups excluding carboxylic acids is 2. The van der Waals surface area contributed by atoms with Gasteiger partial charge in [-0.05, 0) is 42.7 Å². The monoisotopic (exact) mass is 411 g/mol. The maximum atomic E-state index is 13.6. The Balaban J connectivity index is 1.69. The van der Waals surface area contributed by atoms with Gasteiger partial charge in [-0.3, -0.25) is 9.59 Å². The van der Waals surface area contributed by atoms with E-state index in [1.807, 2.05) is 12.1 Å². The highest BCUT2D eigenvalue weighted by Crippen LogP contribution is 2.39. The number of piperidine rings is 1. The fourth-order valence-electron chi connectivity index (χ4n) is 3.92. The molecule has 1 aromatic carbocycles. The van der Waals surface area contributed by atoms with Crippen LogP contribution in [0.15, 0.2) is 42.6 Å². The number of halogens is 1. The number of carbonyl (C=O) groups is 2. The number of rotatable bonds is 3. The van der Waals surface area contributed by atoms with Crippen LogP contribution in [-0.4, -0.2) is 53.8 Å². The second-order valence-corrected chi connectivity index (χ2v) is 8.50. The zero-order chi connectivity index (χ0) is 20.5. The lowest BCUT2D eigenvalue weighted by molar-refractivity contribution is 0.0706. The zero-order valence-corrected chi connectivity index (χ0v) is 17.2. The number of nitrogens with zero attached hydrogens (tertiary/aromatic N) is 3. The molecule has 0 spiro atoms. The lowest BCUT2D eigenvalue weighted by Gasteiger charge is -2.33. The third kappa shape index (κ3) is 3.74. The molecule has 2 aromatic heterocycles. The van der Waals surface area contributed by atoms with E-state index in [2.05, 4.69) is 4.98 Å². The predicted molar refractivity (Wildman–Crippen MR) is 112 cm³/mol. The number of amides is 2. The average Bonchev–Trinajstić information content (AvgIpc) is 3.12. The summed E-state index contributed by atoms with van der Waals surface area (Å²) in [6.07, 6.45) is 3.45. The highest BCUT2D eigenvalue weighted by molar-refractivity contribution is 7.20. The summed E-state index contributed by atoms with van der Waals surface area (Å²) in [6.45, 7) is 1.13. The lowest BCUT2D eigenvalue weighted by Crippen LogP contribution is -2.39. The highest BCUT2D eigenvalue weighted by atomic mass is 32.1. The van der Waals surface area contributed by atoms with Crippen LogP contribution < -0.4 is 0 Å². The molecule has 1 aliphatic rings. The number of fused-ring (bicyclic) bond motifs is 1. The molecule has 1 atom stereocenters. The smallest absolute Gasteiger partial charge is 0.263 e. The van der Waals surface area contributed by atoms with Gasteiger partial charge in [0.1, 0.15) is 10.6 Å². The van der Waals surface area contributed by atoms with Gasteiger partial charge in [-0.25, -0.2) is 9.37 Å². The Labute approximate surface area is 172 Å². The van der Waals surface area contributed by atoms with Crippen LogP contribution >= 0.6 is 11.3 Å². The standard InChI is InChI=1S/C22H22FN3O2S/c1-25(2)22(28)19-18(17-9-4-10-24-20(17)29-19)15-7-5-11-26(13-15)21(27)14-6-3-8-16(23)12-14/h3-4,6,8-10,12,15H,5,7,11,13H2,1-2H3/t15-/m1/s1. The van der Waals surface area contributed by atoms with Crippen molar-refractivity contribution in [2.24, 2.45) is 0 Å². The van der Waals surface area contributed by atoms with Gasteiger partial charge in [0.15, 0.2) is 0 Å². The fourth-order valence-corrected chi connectivity index (χ4v) is 5.17. The second kappa shape index (κ2) is 7.91. The van der Waals surface area contributed by atoms with Crippen molar-refractivity contribution in [1.82, 2.24) is 14.8 Å². The minimum atomic E-state index is -0.418. The molecule has 1 aliphatic heterocycles. The first-order valence-electron chi connectivity index (χ1n) is 9.59. The Hall–Kier alpha value is -2.80. The molecule has 29 heavy (non-hydrogen) atoms. The Morgan fingerprint density at radius 1 is 1.24 bits per heavy atom. The molecule has 0 bridgehead atoms. The Morgan fingerprint density at radius 2 is 2.07 bits per heavy atom. The Kier molecular flexibility index (Phi) is 5.32. The third-order valence-corrected chi connectivity index (χ3v) is 6.41. The van der Waals surface area contributed by atoms with Gasteiger partial charge in [0.25, 0.3) is 11.8 Å². The quantitative estimate of drug-likeness (QED) is 0.650. The van der Waals surface area contributed by atoms with E-state index in [0.29, 0.717) is 23.5 Å². The second-order valence-electron chi connectivity index (χ2n) is 7.50. The average molecular weight is 412 g/mol. The first kappa shape index (κ1) is 19.5. The maximum Gasteiger partial charge on any atom is 0.263 e. The summed E-state index contributed by atoms with van der Waals surface area (Å²) in [6, 6.07) is 9.67. The molecular weight excluding hydrogens is 389 g/mol. The molecule has 0 N–H and O–H groups in total. The summed E-state index contributed by atoms with van der Waals surface area (Å²) in [5.74, 6) is -0.597. The molecule has 3 heterocycles. The topological polar surface area (TPSA) is 53.5 Å². The van der Waals surface area contributed by atoms with Crippen LogP contribution in [0.1, 0.15) is 44.4 Å². The SMILES string of the molecule is CN(C)C(=O)c1sc2ncccc2c1[C@@H]1CCCN(C(=O)c2cccc(F)c2)C1. The number of aromatic nitrogens is 1. The van der Waals surface area contributed by atoms with Crippen molar-refractivity contribution in [3.63, 3.8) is 0 Å². The van der Waals surface area contributed by atoms with E-state index in [4.69, 9.17) is 0 Å². The molecule has 3 aromatic rings. The molecule has 0 radical (unpaired) electrons. The molecule has 1 saturated heterocycles. The summed E-state index contributed by atoms with van der Waals surface area (Å²) in [7, 11) is 3.48. The highest BCUT2D eigenvalue weighted by Gasteiger charge is 2.31. The van der Waals surface area contributed by atoms with E-state index in [0.717, 1.165) is 28.6 Å². The molecule has 0 unspecified atom stereocenters. The minimum Gasteiger partial charge on any atom is -0.344 e. The number of thiophene rings is 1. The van der Waals surface area contributed by atoms with Gasteiger partial charge in [0, 0.05) is 50.2 Å². The van der Waals surface area contributed by atoms with E-state index in [9.17, 15) is 14.0 Å². The lowest BCUT2D eigenvalue weighted by atomic mass is 9.88. The molecular formula is C22H22FN3O2S. The van der Waals surface area contributed by atoms with E-state index < -0.39 is 5.82 Å². The van der Waals surface area contributed by atoms with Crippen molar-refractivity contribution in [3.05, 3.63) is 64.4 Å². The maximum absolute atomic E-state index is 13.6. The van der Waals surface area contributed by atoms with E-state index in [-0.39, 0.29) is 17.7 Å². The summed E-state index contributed by atoms with van der Waals surface area (Å²) in [5.41, 5.74) is 1.33. The number of hydrogen-bond acceptors (Lipinski definition) is 4. The van der Waals surface area contributed by atoms with E-state index in [1.165, 1.54) is 23.5 Å². The van der Waals surface area contributed by atoms with E-state index in [1.54, 1.807) is 42.2 Å². The van der Waals surface area contributed by atoms with Crippen LogP contribution in [0, 0.1) is 5.82 Å². The molecule has 5 nitrogen and oxygen atoms in total. The number of hydrogen-bond donors (Lipinski definition) is 0. The molecule has 2 amide bonds. The van der Waals surface area contributed by atoms with Crippen LogP contribution in [0.4, 0.5) is 4.39 Å². The van der Waals surface area contributed by atoms with Crippen LogP contribution in [0.25, 0.3) is 10.2 Å². The van der Waals surface area contributed by atoms with E-state index >= 15 is 0 Å². The van der Waals surface area contributed by atoms with Crippen molar-refractivity contribution in [2.45, 2.75) is 18.8 Å². The molecule has 7 heteroatoms. The van der Waals surface area contributed by atoms with Crippen LogP contribution in [-0.2, 0) is 0 Å². The van der Waals surface area contributed by atoms with Gasteiger partial charge in [-0.2, -0.15) is 0 Å². The first-order valence-corrected chi connectivity index (χ1v) is 10.4. The Morgan fingerprint density at radius 3 is 2.83 bits per heavy atom. The Bertz CT molecular complexity index is 1080. The zero-order valence-electron chi connectivity index (χ0n) is 16.4. The van der Waals surface area contributed by atoms with Gasteiger partial charge >= 0.3 is 0 Å². The summed E-state index contributed by atoms with van der Waals surface area (Å²) < 4.78 is 13.6. The van der Waals surface area contributed by atoms with Crippen LogP contribution in [0.5, 0.6) is 0 Å². The van der Waals surface area contributed by atoms with Crippen molar-refractivity contribution in [1.29, 1.82) is 0 Å². The molecule has 150 valence electrons. The van der Waals surface area contributed by atoms with Crippen molar-refractivity contribution in [3.8, 4) is 0 Å². The predicted octanol–water partition coefficient (Wildman–Crippen LogP) is 4.16. The third-order valence-electron chi connectivity index (χ3n) is 5.29. The minimum absolute atomic E-state index is 0.0399. The van der Waals surface area contributed by atoms with Gasteiger partial charge in [-0.15, -0.1) is 11.3 Å². The van der Waals surface area contributed by atoms with Gasteiger partial charge < -0.3 is 9.80 Å². The first-order chi connectivity index (χ1) is 14.0. The molecule has 1 fully saturated rings. The van der Waals surface area contributed by atoms with Crippen LogP contribution in [0.3, 0.4) is 0 Å². The van der Waals surface area contributed by atoms with Crippen molar-refractivity contribution in [2.75, 3.05) is 27.2 Å². The number of pyridine rings is 1. The summed E-state index contributed by atoms with van der Waals surface area (Å²) in [4.78, 5) is 35.1. The molecule has 0 aliphatic carbocycles. The fraction of sp³-hybridized carbons (Fsp3) is 0.318. The van der Waals surface area contributed by atoms with Gasteiger partial charge in [-0.1, -0.05) is 12.1 Å². The van der Waals surface area contributed by atoms with Crippen molar-refractivity contribution < 1.29 is 14.0 Å². The summed E-state index contributed by atoms with van der Waals surface area (Å²) in [5, 5.41) is 0.979. The summed E-state index contributed by atoms with van der Waals surface area (Å²) >= 11 is 1.41. The number of benzene rings is 1. The van der Waals surface area contributed by atoms with Gasteiger partial charge in [0.05, 0.1) is 4.88 Å². The normalized spacial score (nSPS) is 16.8. The largest absolute Gasteiger partial charge is 0.344 e. The van der Waals surface area contributed by atoms with Crippen molar-refractivity contribution >= 4 is 33.4 Å². The molecule has 4 rings (SSSR count).